The van der Waals surface area contributed by atoms with Crippen molar-refractivity contribution in [1.29, 1.82) is 0 Å². The number of nitrogens with zero attached hydrogens (tertiary/aromatic N) is 4. The number of amides is 2. The van der Waals surface area contributed by atoms with Crippen LogP contribution in [0.2, 0.25) is 0 Å². The van der Waals surface area contributed by atoms with Crippen molar-refractivity contribution in [3.63, 3.8) is 0 Å². The molecule has 1 aliphatic heterocycles. The molecular weight excluding hydrogens is 506 g/mol. The number of hydrogen-bond acceptors (Lipinski definition) is 6. The fourth-order valence-electron chi connectivity index (χ4n) is 5.17. The molecule has 2 atom stereocenters. The van der Waals surface area contributed by atoms with Crippen LogP contribution >= 0.6 is 0 Å². The normalized spacial score (nSPS) is 15.6. The smallest absolute Gasteiger partial charge is 0.247 e. The Labute approximate surface area is 234 Å². The fourth-order valence-corrected chi connectivity index (χ4v) is 5.17. The van der Waals surface area contributed by atoms with Crippen LogP contribution in [0.1, 0.15) is 35.6 Å². The molecule has 9 nitrogen and oxygen atoms in total. The van der Waals surface area contributed by atoms with Crippen LogP contribution in [-0.4, -0.2) is 64.6 Å². The molecular formula is C31H35N5O4. The summed E-state index contributed by atoms with van der Waals surface area (Å²) in [5, 5.41) is 11.5. The molecule has 9 heteroatoms. The zero-order valence-corrected chi connectivity index (χ0v) is 23.0. The highest BCUT2D eigenvalue weighted by Crippen LogP contribution is 2.27. The summed E-state index contributed by atoms with van der Waals surface area (Å²) >= 11 is 0. The predicted octanol–water partition coefficient (Wildman–Crippen LogP) is 3.86. The van der Waals surface area contributed by atoms with Gasteiger partial charge in [-0.3, -0.25) is 9.59 Å². The number of nitrogens with one attached hydrogen (secondary N) is 1. The Morgan fingerprint density at radius 3 is 2.77 bits per heavy atom. The van der Waals surface area contributed by atoms with Crippen molar-refractivity contribution in [2.75, 3.05) is 26.8 Å². The lowest BCUT2D eigenvalue weighted by Crippen LogP contribution is -2.47. The van der Waals surface area contributed by atoms with E-state index in [2.05, 4.69) is 21.7 Å². The highest BCUT2D eigenvalue weighted by molar-refractivity contribution is 5.89. The summed E-state index contributed by atoms with van der Waals surface area (Å²) in [5.41, 5.74) is 4.37. The van der Waals surface area contributed by atoms with Crippen LogP contribution in [0.15, 0.2) is 72.8 Å². The Kier molecular flexibility index (Phi) is 8.71. The summed E-state index contributed by atoms with van der Waals surface area (Å²) < 4.78 is 12.8. The number of aryl methyl sites for hydroxylation is 1. The highest BCUT2D eigenvalue weighted by atomic mass is 16.5. The second kappa shape index (κ2) is 12.7. The van der Waals surface area contributed by atoms with Crippen molar-refractivity contribution < 1.29 is 19.1 Å². The van der Waals surface area contributed by atoms with Gasteiger partial charge in [0.2, 0.25) is 11.8 Å². The van der Waals surface area contributed by atoms with Crippen LogP contribution in [-0.2, 0) is 27.3 Å². The zero-order valence-electron chi connectivity index (χ0n) is 23.0. The zero-order chi connectivity index (χ0) is 27.9. The third-order valence-corrected chi connectivity index (χ3v) is 7.25. The van der Waals surface area contributed by atoms with Gasteiger partial charge in [0.05, 0.1) is 18.7 Å². The van der Waals surface area contributed by atoms with Crippen LogP contribution in [0, 0.1) is 6.92 Å². The first-order valence-electron chi connectivity index (χ1n) is 13.7. The predicted molar refractivity (Wildman–Crippen MR) is 152 cm³/mol. The molecule has 208 valence electrons. The molecule has 5 rings (SSSR count). The van der Waals surface area contributed by atoms with Crippen LogP contribution in [0.5, 0.6) is 5.75 Å². The third-order valence-electron chi connectivity index (χ3n) is 7.25. The monoisotopic (exact) mass is 541 g/mol. The quantitative estimate of drug-likeness (QED) is 0.310. The van der Waals surface area contributed by atoms with Gasteiger partial charge >= 0.3 is 0 Å². The van der Waals surface area contributed by atoms with Gasteiger partial charge in [-0.15, -0.1) is 5.10 Å². The molecule has 2 heterocycles. The Morgan fingerprint density at radius 1 is 1.12 bits per heavy atom. The number of aromatic nitrogens is 3. The molecule has 0 aliphatic carbocycles. The molecule has 0 radical (unpaired) electrons. The van der Waals surface area contributed by atoms with E-state index in [1.807, 2.05) is 73.7 Å². The summed E-state index contributed by atoms with van der Waals surface area (Å²) in [4.78, 5) is 29.6. The highest BCUT2D eigenvalue weighted by Gasteiger charge is 2.33. The summed E-state index contributed by atoms with van der Waals surface area (Å²) in [5.74, 6) is 0.121. The van der Waals surface area contributed by atoms with E-state index < -0.39 is 6.04 Å². The van der Waals surface area contributed by atoms with Gasteiger partial charge in [0.15, 0.2) is 0 Å². The first-order valence-corrected chi connectivity index (χ1v) is 13.7. The third kappa shape index (κ3) is 6.48. The number of methoxy groups -OCH3 is 1. The van der Waals surface area contributed by atoms with E-state index in [4.69, 9.17) is 9.47 Å². The van der Waals surface area contributed by atoms with Crippen molar-refractivity contribution in [2.24, 2.45) is 0 Å². The van der Waals surface area contributed by atoms with Crippen LogP contribution in [0.3, 0.4) is 0 Å². The Bertz CT molecular complexity index is 1460. The van der Waals surface area contributed by atoms with Gasteiger partial charge in [-0.05, 0) is 61.6 Å². The van der Waals surface area contributed by atoms with Crippen LogP contribution in [0.4, 0.5) is 0 Å². The lowest BCUT2D eigenvalue weighted by molar-refractivity contribution is -0.141. The van der Waals surface area contributed by atoms with Crippen LogP contribution < -0.4 is 10.1 Å². The van der Waals surface area contributed by atoms with E-state index in [9.17, 15) is 9.59 Å². The van der Waals surface area contributed by atoms with Crippen molar-refractivity contribution >= 4 is 22.8 Å². The fraction of sp³-hybridized carbons (Fsp3) is 0.355. The molecule has 4 aromatic rings. The van der Waals surface area contributed by atoms with Crippen molar-refractivity contribution in [3.05, 3.63) is 89.5 Å². The molecule has 0 bridgehead atoms. The van der Waals surface area contributed by atoms with E-state index in [0.29, 0.717) is 42.9 Å². The lowest BCUT2D eigenvalue weighted by atomic mass is 10.0. The molecule has 2 amide bonds. The molecule has 1 N–H and O–H groups in total. The Hall–Kier alpha value is -4.24. The van der Waals surface area contributed by atoms with Crippen molar-refractivity contribution in [2.45, 2.75) is 44.9 Å². The second-order valence-corrected chi connectivity index (χ2v) is 10.1. The maximum absolute atomic E-state index is 14.1. The van der Waals surface area contributed by atoms with Gasteiger partial charge < -0.3 is 19.7 Å². The van der Waals surface area contributed by atoms with Gasteiger partial charge in [-0.1, -0.05) is 59.3 Å². The summed E-state index contributed by atoms with van der Waals surface area (Å²) in [7, 11) is 1.59. The number of hydrogen-bond donors (Lipinski definition) is 1. The number of fused-ring (bicyclic) bond motifs is 1. The van der Waals surface area contributed by atoms with Crippen molar-refractivity contribution in [1.82, 2.24) is 25.2 Å². The molecule has 1 saturated heterocycles. The van der Waals surface area contributed by atoms with E-state index in [0.717, 1.165) is 29.5 Å². The number of benzene rings is 3. The van der Waals surface area contributed by atoms with E-state index >= 15 is 0 Å². The molecule has 40 heavy (non-hydrogen) atoms. The van der Waals surface area contributed by atoms with Gasteiger partial charge in [0.1, 0.15) is 23.9 Å². The van der Waals surface area contributed by atoms with Gasteiger partial charge in [0.25, 0.3) is 0 Å². The maximum atomic E-state index is 14.1. The van der Waals surface area contributed by atoms with E-state index in [-0.39, 0.29) is 24.5 Å². The Balaban J connectivity index is 1.48. The molecule has 1 fully saturated rings. The van der Waals surface area contributed by atoms with Crippen molar-refractivity contribution in [3.8, 4) is 5.75 Å². The molecule has 1 aliphatic rings. The molecule has 0 spiro atoms. The minimum Gasteiger partial charge on any atom is -0.497 e. The molecule has 3 aromatic carbocycles. The number of para-hydroxylation sites is 1. The summed E-state index contributed by atoms with van der Waals surface area (Å²) in [6.07, 6.45) is 2.45. The largest absolute Gasteiger partial charge is 0.497 e. The topological polar surface area (TPSA) is 98.6 Å². The average Bonchev–Trinajstić information content (AvgIpc) is 3.64. The number of carbonyl (C=O) groups excluding carboxylic acids is 2. The van der Waals surface area contributed by atoms with E-state index in [1.54, 1.807) is 16.7 Å². The Morgan fingerprint density at radius 2 is 1.98 bits per heavy atom. The first kappa shape index (κ1) is 27.3. The van der Waals surface area contributed by atoms with E-state index in [1.165, 1.54) is 0 Å². The van der Waals surface area contributed by atoms with Crippen LogP contribution in [0.25, 0.3) is 11.0 Å². The minimum absolute atomic E-state index is 0.0205. The first-order chi connectivity index (χ1) is 19.5. The average molecular weight is 542 g/mol. The number of carbonyl (C=O) groups is 2. The molecule has 0 saturated carbocycles. The molecule has 0 unspecified atom stereocenters. The minimum atomic E-state index is -0.872. The number of rotatable bonds is 11. The van der Waals surface area contributed by atoms with Gasteiger partial charge in [-0.2, -0.15) is 0 Å². The maximum Gasteiger partial charge on any atom is 0.247 e. The van der Waals surface area contributed by atoms with Gasteiger partial charge in [-0.25, -0.2) is 4.68 Å². The lowest BCUT2D eigenvalue weighted by Gasteiger charge is -2.32. The number of ether oxygens (including phenoxy) is 2. The summed E-state index contributed by atoms with van der Waals surface area (Å²) in [6, 6.07) is 22.2. The SMILES string of the molecule is COc1cccc([C@H](C(=O)NC[C@H]2CCCO2)N(CCc2cccc(C)c2)C(=O)Cn2nnc3ccccc32)c1. The second-order valence-electron chi connectivity index (χ2n) is 10.1. The molecule has 1 aromatic heterocycles. The van der Waals surface area contributed by atoms with Gasteiger partial charge in [0, 0.05) is 19.7 Å². The standard InChI is InChI=1S/C31H35N5O4/c1-22-8-5-9-23(18-22)15-16-35(29(37)21-36-28-14-4-3-13-27(28)33-34-36)30(24-10-6-11-25(19-24)39-2)31(38)32-20-26-12-7-17-40-26/h3-6,8-11,13-14,18-19,26,30H,7,12,15-17,20-21H2,1-2H3,(H,32,38)/t26-,30-/m1/s1. The summed E-state index contributed by atoms with van der Waals surface area (Å²) in [6.45, 7) is 3.43.